The highest BCUT2D eigenvalue weighted by molar-refractivity contribution is 5.34. The number of hydrogen-bond acceptors (Lipinski definition) is 1. The minimum absolute atomic E-state index is 0.463. The maximum absolute atomic E-state index is 12.6. The Morgan fingerprint density at radius 3 is 2.29 bits per heavy atom. The molecule has 0 saturated heterocycles. The van der Waals surface area contributed by atoms with E-state index in [1.165, 1.54) is 6.07 Å². The lowest BCUT2D eigenvalue weighted by Crippen LogP contribution is -2.08. The molecule has 0 amide bonds. The van der Waals surface area contributed by atoms with Crippen molar-refractivity contribution in [2.75, 3.05) is 0 Å². The van der Waals surface area contributed by atoms with Gasteiger partial charge in [-0.2, -0.15) is 13.2 Å². The zero-order chi connectivity index (χ0) is 15.5. The first-order valence-corrected chi connectivity index (χ1v) is 6.77. The van der Waals surface area contributed by atoms with Crippen LogP contribution < -0.4 is 0 Å². The number of halogens is 3. The summed E-state index contributed by atoms with van der Waals surface area (Å²) in [6.07, 6.45) is -3.94. The van der Waals surface area contributed by atoms with E-state index in [-0.39, 0.29) is 0 Å². The van der Waals surface area contributed by atoms with Gasteiger partial charge >= 0.3 is 6.18 Å². The molecule has 112 valence electrons. The van der Waals surface area contributed by atoms with Crippen molar-refractivity contribution in [3.05, 3.63) is 70.8 Å². The standard InChI is InChI=1S/C17H17F3O/c1-12-11-14(17(18,19)20)8-9-15(12)16(21)10-7-13-5-3-2-4-6-13/h2-6,8-9,11,16,21H,7,10H2,1H3. The summed E-state index contributed by atoms with van der Waals surface area (Å²) in [5.74, 6) is 0. The molecule has 0 heterocycles. The van der Waals surface area contributed by atoms with Crippen LogP contribution >= 0.6 is 0 Å². The lowest BCUT2D eigenvalue weighted by Gasteiger charge is -2.16. The van der Waals surface area contributed by atoms with Gasteiger partial charge in [0.05, 0.1) is 11.7 Å². The fourth-order valence-electron chi connectivity index (χ4n) is 2.33. The van der Waals surface area contributed by atoms with Gasteiger partial charge in [-0.3, -0.25) is 0 Å². The van der Waals surface area contributed by atoms with Crippen LogP contribution in [0.2, 0.25) is 0 Å². The van der Waals surface area contributed by atoms with Crippen molar-refractivity contribution >= 4 is 0 Å². The summed E-state index contributed by atoms with van der Waals surface area (Å²) in [4.78, 5) is 0. The molecule has 2 aromatic rings. The second-order valence-corrected chi connectivity index (χ2v) is 5.11. The average Bonchev–Trinajstić information content (AvgIpc) is 2.45. The normalized spacial score (nSPS) is 13.2. The van der Waals surface area contributed by atoms with Crippen molar-refractivity contribution in [1.82, 2.24) is 0 Å². The minimum Gasteiger partial charge on any atom is -0.388 e. The second kappa shape index (κ2) is 6.31. The first kappa shape index (κ1) is 15.6. The highest BCUT2D eigenvalue weighted by atomic mass is 19.4. The number of aliphatic hydroxyl groups is 1. The van der Waals surface area contributed by atoms with Crippen LogP contribution in [-0.4, -0.2) is 5.11 Å². The summed E-state index contributed by atoms with van der Waals surface area (Å²) in [5, 5.41) is 10.2. The Hall–Kier alpha value is -1.81. The topological polar surface area (TPSA) is 20.2 Å². The van der Waals surface area contributed by atoms with E-state index in [4.69, 9.17) is 0 Å². The third kappa shape index (κ3) is 4.08. The van der Waals surface area contributed by atoms with Crippen molar-refractivity contribution < 1.29 is 18.3 Å². The van der Waals surface area contributed by atoms with Gasteiger partial charge < -0.3 is 5.11 Å². The van der Waals surface area contributed by atoms with Crippen molar-refractivity contribution in [3.63, 3.8) is 0 Å². The number of rotatable bonds is 4. The average molecular weight is 294 g/mol. The molecule has 0 aromatic heterocycles. The number of benzene rings is 2. The molecule has 0 bridgehead atoms. The Balaban J connectivity index is 2.07. The number of aliphatic hydroxyl groups excluding tert-OH is 1. The molecule has 0 spiro atoms. The van der Waals surface area contributed by atoms with E-state index < -0.39 is 17.8 Å². The predicted molar refractivity (Wildman–Crippen MR) is 75.9 cm³/mol. The molecule has 1 unspecified atom stereocenters. The van der Waals surface area contributed by atoms with Gasteiger partial charge in [-0.05, 0) is 48.6 Å². The van der Waals surface area contributed by atoms with Gasteiger partial charge in [0.15, 0.2) is 0 Å². The highest BCUT2D eigenvalue weighted by Crippen LogP contribution is 2.32. The largest absolute Gasteiger partial charge is 0.416 e. The Labute approximate surface area is 122 Å². The lowest BCUT2D eigenvalue weighted by atomic mass is 9.96. The van der Waals surface area contributed by atoms with E-state index in [9.17, 15) is 18.3 Å². The fourth-order valence-corrected chi connectivity index (χ4v) is 2.33. The van der Waals surface area contributed by atoms with Crippen LogP contribution in [0.5, 0.6) is 0 Å². The molecule has 2 rings (SSSR count). The molecule has 0 aliphatic carbocycles. The first-order chi connectivity index (χ1) is 9.88. The molecule has 0 radical (unpaired) electrons. The van der Waals surface area contributed by atoms with Crippen LogP contribution in [0.15, 0.2) is 48.5 Å². The van der Waals surface area contributed by atoms with E-state index >= 15 is 0 Å². The Kier molecular flexibility index (Phi) is 4.68. The molecule has 1 atom stereocenters. The third-order valence-electron chi connectivity index (χ3n) is 3.51. The van der Waals surface area contributed by atoms with Gasteiger partial charge in [-0.25, -0.2) is 0 Å². The second-order valence-electron chi connectivity index (χ2n) is 5.11. The number of alkyl halides is 3. The molecular weight excluding hydrogens is 277 g/mol. The molecule has 0 fully saturated rings. The van der Waals surface area contributed by atoms with Crippen LogP contribution in [0, 0.1) is 6.92 Å². The lowest BCUT2D eigenvalue weighted by molar-refractivity contribution is -0.137. The molecule has 0 aliphatic rings. The molecule has 4 heteroatoms. The summed E-state index contributed by atoms with van der Waals surface area (Å²) in [7, 11) is 0. The maximum atomic E-state index is 12.6. The van der Waals surface area contributed by atoms with Crippen LogP contribution in [0.25, 0.3) is 0 Å². The molecule has 0 saturated carbocycles. The van der Waals surface area contributed by atoms with E-state index in [0.717, 1.165) is 17.7 Å². The van der Waals surface area contributed by atoms with Gasteiger partial charge in [0.25, 0.3) is 0 Å². The summed E-state index contributed by atoms with van der Waals surface area (Å²) in [5.41, 5.74) is 1.43. The minimum atomic E-state index is -4.35. The molecular formula is C17H17F3O. The van der Waals surface area contributed by atoms with Gasteiger partial charge in [0.1, 0.15) is 0 Å². The first-order valence-electron chi connectivity index (χ1n) is 6.77. The monoisotopic (exact) mass is 294 g/mol. The van der Waals surface area contributed by atoms with E-state index in [2.05, 4.69) is 0 Å². The number of aryl methyl sites for hydroxylation is 2. The molecule has 21 heavy (non-hydrogen) atoms. The molecule has 0 aliphatic heterocycles. The van der Waals surface area contributed by atoms with E-state index in [1.54, 1.807) is 6.92 Å². The van der Waals surface area contributed by atoms with E-state index in [1.807, 2.05) is 30.3 Å². The summed E-state index contributed by atoms with van der Waals surface area (Å²) in [6, 6.07) is 13.2. The zero-order valence-corrected chi connectivity index (χ0v) is 11.7. The highest BCUT2D eigenvalue weighted by Gasteiger charge is 2.30. The van der Waals surface area contributed by atoms with Gasteiger partial charge in [-0.15, -0.1) is 0 Å². The Bertz CT molecular complexity index is 591. The van der Waals surface area contributed by atoms with Crippen molar-refractivity contribution in [1.29, 1.82) is 0 Å². The third-order valence-corrected chi connectivity index (χ3v) is 3.51. The van der Waals surface area contributed by atoms with Gasteiger partial charge in [0, 0.05) is 0 Å². The van der Waals surface area contributed by atoms with Crippen molar-refractivity contribution in [2.24, 2.45) is 0 Å². The molecule has 1 N–H and O–H groups in total. The molecule has 1 nitrogen and oxygen atoms in total. The van der Waals surface area contributed by atoms with Crippen LogP contribution in [-0.2, 0) is 12.6 Å². The Morgan fingerprint density at radius 1 is 1.05 bits per heavy atom. The van der Waals surface area contributed by atoms with Crippen LogP contribution in [0.1, 0.15) is 34.8 Å². The zero-order valence-electron chi connectivity index (χ0n) is 11.7. The van der Waals surface area contributed by atoms with E-state index in [0.29, 0.717) is 24.0 Å². The SMILES string of the molecule is Cc1cc(C(F)(F)F)ccc1C(O)CCc1ccccc1. The van der Waals surface area contributed by atoms with Crippen LogP contribution in [0.4, 0.5) is 13.2 Å². The van der Waals surface area contributed by atoms with Crippen molar-refractivity contribution in [3.8, 4) is 0 Å². The maximum Gasteiger partial charge on any atom is 0.416 e. The van der Waals surface area contributed by atoms with Gasteiger partial charge in [0.2, 0.25) is 0 Å². The summed E-state index contributed by atoms with van der Waals surface area (Å²) in [6.45, 7) is 1.59. The smallest absolute Gasteiger partial charge is 0.388 e. The quantitative estimate of drug-likeness (QED) is 0.868. The summed E-state index contributed by atoms with van der Waals surface area (Å²) < 4.78 is 37.8. The predicted octanol–water partition coefficient (Wildman–Crippen LogP) is 4.68. The fraction of sp³-hybridized carbons (Fsp3) is 0.294. The van der Waals surface area contributed by atoms with Crippen molar-refractivity contribution in [2.45, 2.75) is 32.0 Å². The van der Waals surface area contributed by atoms with Crippen LogP contribution in [0.3, 0.4) is 0 Å². The summed E-state index contributed by atoms with van der Waals surface area (Å²) >= 11 is 0. The molecule has 2 aromatic carbocycles. The van der Waals surface area contributed by atoms with Gasteiger partial charge in [-0.1, -0.05) is 36.4 Å². The Morgan fingerprint density at radius 2 is 1.71 bits per heavy atom. The number of hydrogen-bond donors (Lipinski definition) is 1.